The summed E-state index contributed by atoms with van der Waals surface area (Å²) in [6, 6.07) is 10.4. The maximum Gasteiger partial charge on any atom is 0.255 e. The molecule has 5 N–H and O–H groups in total. The molecule has 0 radical (unpaired) electrons. The number of nitrogens with one attached hydrogen (secondary N) is 2. The Morgan fingerprint density at radius 3 is 2.54 bits per heavy atom. The normalized spacial score (nSPS) is 24.8. The molecule has 6 heteroatoms. The van der Waals surface area contributed by atoms with Crippen molar-refractivity contribution < 1.29 is 9.90 Å². The maximum absolute atomic E-state index is 12.7. The molecule has 1 saturated heterocycles. The number of hydrogen-bond acceptors (Lipinski definition) is 5. The molecule has 148 valence electrons. The number of carbonyl (C=O) groups is 1. The Kier molecular flexibility index (Phi) is 5.59. The molecule has 2 aromatic rings. The highest BCUT2D eigenvalue weighted by atomic mass is 16.3. The van der Waals surface area contributed by atoms with Crippen LogP contribution >= 0.6 is 0 Å². The first-order chi connectivity index (χ1) is 13.6. The fourth-order valence-corrected chi connectivity index (χ4v) is 4.19. The van der Waals surface area contributed by atoms with Gasteiger partial charge in [0.25, 0.3) is 5.91 Å². The molecule has 1 amide bonds. The number of carbonyl (C=O) groups excluding carboxylic acids is 1. The first-order valence-corrected chi connectivity index (χ1v) is 10.2. The molecule has 1 aliphatic heterocycles. The summed E-state index contributed by atoms with van der Waals surface area (Å²) < 4.78 is 0. The summed E-state index contributed by atoms with van der Waals surface area (Å²) in [6.07, 6.45) is 5.67. The first-order valence-electron chi connectivity index (χ1n) is 10.2. The lowest BCUT2D eigenvalue weighted by Crippen LogP contribution is -2.38. The van der Waals surface area contributed by atoms with Crippen LogP contribution in [0.5, 0.6) is 0 Å². The van der Waals surface area contributed by atoms with Gasteiger partial charge in [-0.3, -0.25) is 4.79 Å². The van der Waals surface area contributed by atoms with Crippen molar-refractivity contribution in [3.63, 3.8) is 0 Å². The number of amides is 1. The molecule has 2 fully saturated rings. The fourth-order valence-electron chi connectivity index (χ4n) is 4.19. The van der Waals surface area contributed by atoms with Crippen LogP contribution in [-0.2, 0) is 0 Å². The zero-order chi connectivity index (χ0) is 19.5. The predicted octanol–water partition coefficient (Wildman–Crippen LogP) is 2.44. The van der Waals surface area contributed by atoms with Gasteiger partial charge in [0.05, 0.1) is 11.7 Å². The zero-order valence-corrected chi connectivity index (χ0v) is 16.0. The van der Waals surface area contributed by atoms with Crippen LogP contribution in [0.15, 0.2) is 36.5 Å². The van der Waals surface area contributed by atoms with Gasteiger partial charge in [-0.15, -0.1) is 0 Å². The molecule has 1 unspecified atom stereocenters. The van der Waals surface area contributed by atoms with Crippen molar-refractivity contribution in [2.75, 3.05) is 18.8 Å². The van der Waals surface area contributed by atoms with Crippen LogP contribution in [-0.4, -0.2) is 41.2 Å². The molecule has 4 rings (SSSR count). The third-order valence-electron chi connectivity index (χ3n) is 5.97. The minimum atomic E-state index is -0.244. The average Bonchev–Trinajstić information content (AvgIpc) is 3.25. The van der Waals surface area contributed by atoms with Crippen LogP contribution in [0.4, 0.5) is 5.82 Å². The Morgan fingerprint density at radius 2 is 1.86 bits per heavy atom. The molecule has 0 bridgehead atoms. The molecule has 1 aromatic heterocycles. The van der Waals surface area contributed by atoms with Gasteiger partial charge >= 0.3 is 0 Å². The van der Waals surface area contributed by atoms with E-state index in [0.717, 1.165) is 49.9 Å². The largest absolute Gasteiger partial charge is 0.393 e. The zero-order valence-electron chi connectivity index (χ0n) is 16.0. The Bertz CT molecular complexity index is 823. The van der Waals surface area contributed by atoms with Crippen LogP contribution in [0.3, 0.4) is 0 Å². The second-order valence-electron chi connectivity index (χ2n) is 7.95. The Hall–Kier alpha value is -2.44. The van der Waals surface area contributed by atoms with E-state index in [1.165, 1.54) is 12.0 Å². The highest BCUT2D eigenvalue weighted by Crippen LogP contribution is 2.27. The number of aliphatic hydroxyl groups is 1. The van der Waals surface area contributed by atoms with Crippen molar-refractivity contribution in [2.24, 2.45) is 0 Å². The van der Waals surface area contributed by atoms with Gasteiger partial charge in [-0.05, 0) is 61.8 Å². The maximum atomic E-state index is 12.7. The topological polar surface area (TPSA) is 100 Å². The number of benzene rings is 1. The van der Waals surface area contributed by atoms with Crippen LogP contribution < -0.4 is 16.4 Å². The molecule has 0 spiro atoms. The van der Waals surface area contributed by atoms with Gasteiger partial charge in [-0.1, -0.05) is 24.3 Å². The van der Waals surface area contributed by atoms with E-state index in [9.17, 15) is 9.90 Å². The summed E-state index contributed by atoms with van der Waals surface area (Å²) in [7, 11) is 0. The third-order valence-corrected chi connectivity index (χ3v) is 5.97. The summed E-state index contributed by atoms with van der Waals surface area (Å²) in [5.41, 5.74) is 9.64. The number of rotatable bonds is 4. The van der Waals surface area contributed by atoms with Crippen molar-refractivity contribution in [1.82, 2.24) is 15.6 Å². The van der Waals surface area contributed by atoms with E-state index in [4.69, 9.17) is 5.73 Å². The van der Waals surface area contributed by atoms with Gasteiger partial charge in [0, 0.05) is 24.3 Å². The monoisotopic (exact) mass is 380 g/mol. The Labute approximate surface area is 165 Å². The minimum Gasteiger partial charge on any atom is -0.393 e. The van der Waals surface area contributed by atoms with E-state index in [1.807, 2.05) is 6.07 Å². The van der Waals surface area contributed by atoms with E-state index in [1.54, 1.807) is 6.20 Å². The van der Waals surface area contributed by atoms with Gasteiger partial charge in [0.2, 0.25) is 0 Å². The minimum absolute atomic E-state index is 0.0817. The number of nitrogens with two attached hydrogens (primary N) is 1. The third kappa shape index (κ3) is 4.18. The Morgan fingerprint density at radius 1 is 1.11 bits per heavy atom. The summed E-state index contributed by atoms with van der Waals surface area (Å²) in [5.74, 6) is 0.626. The van der Waals surface area contributed by atoms with Crippen LogP contribution in [0.1, 0.15) is 53.9 Å². The van der Waals surface area contributed by atoms with Gasteiger partial charge < -0.3 is 21.5 Å². The Balaban J connectivity index is 1.49. The number of nitrogen functional groups attached to an aromatic ring is 1. The molecule has 6 nitrogen and oxygen atoms in total. The molecule has 1 saturated carbocycles. The number of hydrogen-bond donors (Lipinski definition) is 4. The van der Waals surface area contributed by atoms with Crippen LogP contribution in [0, 0.1) is 0 Å². The van der Waals surface area contributed by atoms with Gasteiger partial charge in [-0.2, -0.15) is 0 Å². The van der Waals surface area contributed by atoms with Gasteiger partial charge in [0.15, 0.2) is 0 Å². The van der Waals surface area contributed by atoms with Crippen molar-refractivity contribution >= 4 is 11.7 Å². The standard InChI is InChI=1S/C22H28N4O2/c23-21-20(22(28)26-18-5-7-19(27)8-6-18)11-17(13-25-21)15-3-1-14(2-4-15)16-9-10-24-12-16/h1-4,11,13,16,18-19,24,27H,5-10,12H2,(H2,23,25)(H,26,28)/t16?,18-,19-. The molecule has 1 aromatic carbocycles. The lowest BCUT2D eigenvalue weighted by Gasteiger charge is -2.26. The molecular formula is C22H28N4O2. The lowest BCUT2D eigenvalue weighted by atomic mass is 9.93. The first kappa shape index (κ1) is 18.9. The average molecular weight is 380 g/mol. The molecule has 28 heavy (non-hydrogen) atoms. The van der Waals surface area contributed by atoms with Crippen molar-refractivity contribution in [2.45, 2.75) is 50.2 Å². The van der Waals surface area contributed by atoms with E-state index < -0.39 is 0 Å². The highest BCUT2D eigenvalue weighted by Gasteiger charge is 2.23. The molecule has 2 aliphatic rings. The SMILES string of the molecule is Nc1ncc(-c2ccc(C3CCNC3)cc2)cc1C(=O)N[C@H]1CC[C@H](O)CC1. The van der Waals surface area contributed by atoms with Gasteiger partial charge in [0.1, 0.15) is 5.82 Å². The second kappa shape index (κ2) is 8.29. The number of nitrogens with zero attached hydrogens (tertiary/aromatic N) is 1. The smallest absolute Gasteiger partial charge is 0.255 e. The molecular weight excluding hydrogens is 352 g/mol. The summed E-state index contributed by atoms with van der Waals surface area (Å²) in [4.78, 5) is 17.0. The van der Waals surface area contributed by atoms with Crippen LogP contribution in [0.2, 0.25) is 0 Å². The number of aliphatic hydroxyl groups excluding tert-OH is 1. The molecule has 1 atom stereocenters. The lowest BCUT2D eigenvalue weighted by molar-refractivity contribution is 0.0868. The van der Waals surface area contributed by atoms with E-state index >= 15 is 0 Å². The number of pyridine rings is 1. The van der Waals surface area contributed by atoms with E-state index in [2.05, 4.69) is 39.9 Å². The fraction of sp³-hybridized carbons (Fsp3) is 0.455. The quantitative estimate of drug-likeness (QED) is 0.653. The number of aromatic nitrogens is 1. The van der Waals surface area contributed by atoms with E-state index in [0.29, 0.717) is 11.5 Å². The summed E-state index contributed by atoms with van der Waals surface area (Å²) >= 11 is 0. The van der Waals surface area contributed by atoms with Crippen molar-refractivity contribution in [3.8, 4) is 11.1 Å². The van der Waals surface area contributed by atoms with Crippen LogP contribution in [0.25, 0.3) is 11.1 Å². The summed E-state index contributed by atoms with van der Waals surface area (Å²) in [5, 5.41) is 16.1. The van der Waals surface area contributed by atoms with Crippen molar-refractivity contribution in [3.05, 3.63) is 47.7 Å². The predicted molar refractivity (Wildman–Crippen MR) is 110 cm³/mol. The molecule has 1 aliphatic carbocycles. The van der Waals surface area contributed by atoms with E-state index in [-0.39, 0.29) is 23.9 Å². The highest BCUT2D eigenvalue weighted by molar-refractivity contribution is 5.99. The van der Waals surface area contributed by atoms with Gasteiger partial charge in [-0.25, -0.2) is 4.98 Å². The van der Waals surface area contributed by atoms with Crippen molar-refractivity contribution in [1.29, 1.82) is 0 Å². The summed E-state index contributed by atoms with van der Waals surface area (Å²) in [6.45, 7) is 2.11. The number of anilines is 1. The second-order valence-corrected chi connectivity index (χ2v) is 7.95. The molecule has 2 heterocycles.